The van der Waals surface area contributed by atoms with Crippen LogP contribution in [0.2, 0.25) is 0 Å². The number of hydrogen-bond donors (Lipinski definition) is 1. The van der Waals surface area contributed by atoms with Crippen LogP contribution in [0.4, 0.5) is 0 Å². The molecule has 1 saturated carbocycles. The van der Waals surface area contributed by atoms with Gasteiger partial charge in [0.05, 0.1) is 0 Å². The molecule has 68 valence electrons. The van der Waals surface area contributed by atoms with Crippen molar-refractivity contribution in [3.05, 3.63) is 12.2 Å². The highest BCUT2D eigenvalue weighted by molar-refractivity contribution is 5.76. The van der Waals surface area contributed by atoms with Gasteiger partial charge in [0.25, 0.3) is 0 Å². The Morgan fingerprint density at radius 3 is 2.92 bits per heavy atom. The highest BCUT2D eigenvalue weighted by Gasteiger charge is 2.23. The zero-order valence-corrected chi connectivity index (χ0v) is 7.68. The first-order valence-electron chi connectivity index (χ1n) is 4.70. The summed E-state index contributed by atoms with van der Waals surface area (Å²) in [5.74, 6) is 0.925. The normalized spacial score (nSPS) is 16.8. The Hall–Kier alpha value is -0.790. The van der Waals surface area contributed by atoms with Gasteiger partial charge in [-0.05, 0) is 32.1 Å². The number of carbonyl (C=O) groups excluding carboxylic acids is 1. The van der Waals surface area contributed by atoms with Gasteiger partial charge in [-0.15, -0.1) is 0 Å². The standard InChI is InChI=1S/C10H17NO/c1-2-3-4-7-11-10(12)8-9-5-6-9/h2-3,9H,4-8H2,1H3,(H,11,12)/b3-2+. The van der Waals surface area contributed by atoms with Gasteiger partial charge in [0.15, 0.2) is 0 Å². The van der Waals surface area contributed by atoms with E-state index in [2.05, 4.69) is 11.4 Å². The first kappa shape index (κ1) is 9.30. The summed E-state index contributed by atoms with van der Waals surface area (Å²) in [6, 6.07) is 0. The number of amides is 1. The molecule has 1 N–H and O–H groups in total. The van der Waals surface area contributed by atoms with Crippen molar-refractivity contribution in [2.45, 2.75) is 32.6 Å². The van der Waals surface area contributed by atoms with Crippen LogP contribution in [0.1, 0.15) is 32.6 Å². The molecule has 0 aromatic rings. The van der Waals surface area contributed by atoms with E-state index in [1.807, 2.05) is 13.0 Å². The molecular formula is C10H17NO. The fourth-order valence-electron chi connectivity index (χ4n) is 1.12. The van der Waals surface area contributed by atoms with E-state index >= 15 is 0 Å². The molecule has 0 unspecified atom stereocenters. The van der Waals surface area contributed by atoms with Crippen molar-refractivity contribution < 1.29 is 4.79 Å². The second-order valence-corrected chi connectivity index (χ2v) is 3.36. The van der Waals surface area contributed by atoms with Crippen molar-refractivity contribution in [1.82, 2.24) is 5.32 Å². The van der Waals surface area contributed by atoms with Gasteiger partial charge in [0.1, 0.15) is 0 Å². The summed E-state index contributed by atoms with van der Waals surface area (Å²) >= 11 is 0. The Morgan fingerprint density at radius 1 is 1.58 bits per heavy atom. The van der Waals surface area contributed by atoms with Crippen LogP contribution in [0.5, 0.6) is 0 Å². The van der Waals surface area contributed by atoms with E-state index in [1.165, 1.54) is 12.8 Å². The van der Waals surface area contributed by atoms with Crippen molar-refractivity contribution >= 4 is 5.91 Å². The second kappa shape index (κ2) is 4.96. The van der Waals surface area contributed by atoms with Crippen LogP contribution in [0.3, 0.4) is 0 Å². The molecule has 2 heteroatoms. The highest BCUT2D eigenvalue weighted by Crippen LogP contribution is 2.31. The Bertz CT molecular complexity index is 171. The smallest absolute Gasteiger partial charge is 0.220 e. The maximum atomic E-state index is 11.1. The third-order valence-corrected chi connectivity index (χ3v) is 2.04. The van der Waals surface area contributed by atoms with Gasteiger partial charge < -0.3 is 5.32 Å². The maximum absolute atomic E-state index is 11.1. The molecule has 1 aliphatic rings. The van der Waals surface area contributed by atoms with Crippen LogP contribution in [0.25, 0.3) is 0 Å². The van der Waals surface area contributed by atoms with E-state index in [4.69, 9.17) is 0 Å². The van der Waals surface area contributed by atoms with E-state index in [-0.39, 0.29) is 5.91 Å². The average Bonchev–Trinajstić information content (AvgIpc) is 2.82. The second-order valence-electron chi connectivity index (χ2n) is 3.36. The van der Waals surface area contributed by atoms with Gasteiger partial charge in [-0.25, -0.2) is 0 Å². The Balaban J connectivity index is 1.94. The van der Waals surface area contributed by atoms with Crippen LogP contribution in [0, 0.1) is 5.92 Å². The van der Waals surface area contributed by atoms with Crippen LogP contribution in [-0.2, 0) is 4.79 Å². The minimum Gasteiger partial charge on any atom is -0.356 e. The monoisotopic (exact) mass is 167 g/mol. The largest absolute Gasteiger partial charge is 0.356 e. The fourth-order valence-corrected chi connectivity index (χ4v) is 1.12. The molecule has 1 aliphatic carbocycles. The highest BCUT2D eigenvalue weighted by atomic mass is 16.1. The van der Waals surface area contributed by atoms with E-state index in [0.29, 0.717) is 5.92 Å². The van der Waals surface area contributed by atoms with Crippen molar-refractivity contribution in [2.75, 3.05) is 6.54 Å². The van der Waals surface area contributed by atoms with Crippen LogP contribution < -0.4 is 5.32 Å². The minimum atomic E-state index is 0.224. The number of allylic oxidation sites excluding steroid dienone is 1. The Morgan fingerprint density at radius 2 is 2.33 bits per heavy atom. The lowest BCUT2D eigenvalue weighted by Gasteiger charge is -2.01. The van der Waals surface area contributed by atoms with Crippen LogP contribution >= 0.6 is 0 Å². The van der Waals surface area contributed by atoms with E-state index in [0.717, 1.165) is 19.4 Å². The van der Waals surface area contributed by atoms with Gasteiger partial charge in [-0.2, -0.15) is 0 Å². The molecule has 1 rings (SSSR count). The first-order valence-corrected chi connectivity index (χ1v) is 4.70. The van der Waals surface area contributed by atoms with Crippen molar-refractivity contribution in [3.8, 4) is 0 Å². The summed E-state index contributed by atoms with van der Waals surface area (Å²) in [5, 5.41) is 2.90. The predicted molar refractivity (Wildman–Crippen MR) is 49.8 cm³/mol. The summed E-state index contributed by atoms with van der Waals surface area (Å²) in [6.07, 6.45) is 8.28. The van der Waals surface area contributed by atoms with Gasteiger partial charge >= 0.3 is 0 Å². The van der Waals surface area contributed by atoms with Gasteiger partial charge in [0, 0.05) is 13.0 Å². The lowest BCUT2D eigenvalue weighted by Crippen LogP contribution is -2.24. The summed E-state index contributed by atoms with van der Waals surface area (Å²) in [6.45, 7) is 2.78. The first-order chi connectivity index (χ1) is 5.83. The molecule has 0 radical (unpaired) electrons. The SMILES string of the molecule is C/C=C/CCNC(=O)CC1CC1. The maximum Gasteiger partial charge on any atom is 0.220 e. The quantitative estimate of drug-likeness (QED) is 0.491. The van der Waals surface area contributed by atoms with E-state index in [9.17, 15) is 4.79 Å². The topological polar surface area (TPSA) is 29.1 Å². The number of rotatable bonds is 5. The van der Waals surface area contributed by atoms with E-state index in [1.54, 1.807) is 0 Å². The zero-order valence-electron chi connectivity index (χ0n) is 7.68. The summed E-state index contributed by atoms with van der Waals surface area (Å²) < 4.78 is 0. The van der Waals surface area contributed by atoms with Crippen molar-refractivity contribution in [1.29, 1.82) is 0 Å². The van der Waals surface area contributed by atoms with Gasteiger partial charge in [-0.3, -0.25) is 4.79 Å². The molecule has 1 fully saturated rings. The molecule has 0 aromatic heterocycles. The average molecular weight is 167 g/mol. The van der Waals surface area contributed by atoms with Gasteiger partial charge in [0.2, 0.25) is 5.91 Å². The van der Waals surface area contributed by atoms with E-state index < -0.39 is 0 Å². The number of hydrogen-bond acceptors (Lipinski definition) is 1. The Kier molecular flexibility index (Phi) is 3.85. The molecule has 1 amide bonds. The lowest BCUT2D eigenvalue weighted by atomic mass is 10.3. The predicted octanol–water partition coefficient (Wildman–Crippen LogP) is 1.87. The summed E-state index contributed by atoms with van der Waals surface area (Å²) in [4.78, 5) is 11.1. The Labute approximate surface area is 74.0 Å². The third-order valence-electron chi connectivity index (χ3n) is 2.04. The molecule has 0 heterocycles. The molecule has 0 aliphatic heterocycles. The summed E-state index contributed by atoms with van der Waals surface area (Å²) in [7, 11) is 0. The lowest BCUT2D eigenvalue weighted by molar-refractivity contribution is -0.121. The molecule has 0 spiro atoms. The minimum absolute atomic E-state index is 0.224. The third kappa shape index (κ3) is 4.16. The zero-order chi connectivity index (χ0) is 8.81. The molecule has 0 saturated heterocycles. The molecule has 0 aromatic carbocycles. The molecule has 0 bridgehead atoms. The van der Waals surface area contributed by atoms with Gasteiger partial charge in [-0.1, -0.05) is 12.2 Å². The fraction of sp³-hybridized carbons (Fsp3) is 0.700. The van der Waals surface area contributed by atoms with Crippen molar-refractivity contribution in [3.63, 3.8) is 0 Å². The number of carbonyl (C=O) groups is 1. The van der Waals surface area contributed by atoms with Crippen molar-refractivity contribution in [2.24, 2.45) is 5.92 Å². The number of nitrogens with one attached hydrogen (secondary N) is 1. The molecule has 0 atom stereocenters. The summed E-state index contributed by atoms with van der Waals surface area (Å²) in [5.41, 5.74) is 0. The van der Waals surface area contributed by atoms with Crippen LogP contribution in [0.15, 0.2) is 12.2 Å². The molecule has 12 heavy (non-hydrogen) atoms. The molecule has 2 nitrogen and oxygen atoms in total. The molecular weight excluding hydrogens is 150 g/mol. The van der Waals surface area contributed by atoms with Crippen LogP contribution in [-0.4, -0.2) is 12.5 Å².